The Kier molecular flexibility index (Phi) is 3.47. The summed E-state index contributed by atoms with van der Waals surface area (Å²) in [5, 5.41) is 6.32. The van der Waals surface area contributed by atoms with Crippen molar-refractivity contribution >= 4 is 11.5 Å². The van der Waals surface area contributed by atoms with Gasteiger partial charge in [0.05, 0.1) is 0 Å². The second-order valence-electron chi connectivity index (χ2n) is 4.73. The second-order valence-corrected chi connectivity index (χ2v) is 4.73. The molecule has 0 fully saturated rings. The van der Waals surface area contributed by atoms with Gasteiger partial charge in [-0.2, -0.15) is 4.98 Å². The third-order valence-electron chi connectivity index (χ3n) is 3.31. The number of nitrogens with zero attached hydrogens (tertiary/aromatic N) is 1. The highest BCUT2D eigenvalue weighted by Crippen LogP contribution is 2.21. The first-order chi connectivity index (χ1) is 9.72. The molecule has 0 bridgehead atoms. The van der Waals surface area contributed by atoms with Crippen LogP contribution in [0, 0.1) is 5.82 Å². The molecule has 1 aromatic carbocycles. The third kappa shape index (κ3) is 2.70. The Balaban J connectivity index is 2.00. The van der Waals surface area contributed by atoms with Crippen molar-refractivity contribution in [3.63, 3.8) is 0 Å². The first kappa shape index (κ1) is 12.8. The molecular formula is C14H15FN4O. The molecule has 2 heterocycles. The van der Waals surface area contributed by atoms with Crippen molar-refractivity contribution in [1.29, 1.82) is 0 Å². The molecule has 1 aromatic heterocycles. The van der Waals surface area contributed by atoms with Gasteiger partial charge in [0.1, 0.15) is 11.6 Å². The van der Waals surface area contributed by atoms with Gasteiger partial charge in [-0.1, -0.05) is 6.07 Å². The molecule has 6 heteroatoms. The quantitative estimate of drug-likeness (QED) is 0.773. The molecule has 104 valence electrons. The molecule has 0 radical (unpaired) electrons. The van der Waals surface area contributed by atoms with Crippen LogP contribution < -0.4 is 16.3 Å². The maximum atomic E-state index is 13.2. The summed E-state index contributed by atoms with van der Waals surface area (Å²) in [5.41, 5.74) is 2.08. The number of aromatic nitrogens is 2. The van der Waals surface area contributed by atoms with Crippen LogP contribution in [0.3, 0.4) is 0 Å². The summed E-state index contributed by atoms with van der Waals surface area (Å²) in [4.78, 5) is 18.4. The van der Waals surface area contributed by atoms with Gasteiger partial charge in [-0.25, -0.2) is 9.18 Å². The van der Waals surface area contributed by atoms with Gasteiger partial charge in [0, 0.05) is 29.9 Å². The van der Waals surface area contributed by atoms with Crippen molar-refractivity contribution in [2.45, 2.75) is 12.8 Å². The van der Waals surface area contributed by atoms with Crippen molar-refractivity contribution in [1.82, 2.24) is 15.3 Å². The Hall–Kier alpha value is -2.21. The van der Waals surface area contributed by atoms with Crippen LogP contribution in [0.25, 0.3) is 0 Å². The van der Waals surface area contributed by atoms with E-state index in [1.54, 1.807) is 12.1 Å². The predicted octanol–water partition coefficient (Wildman–Crippen LogP) is 1.34. The van der Waals surface area contributed by atoms with Crippen molar-refractivity contribution in [2.24, 2.45) is 0 Å². The molecule has 0 amide bonds. The second kappa shape index (κ2) is 5.42. The first-order valence-electron chi connectivity index (χ1n) is 6.58. The average Bonchev–Trinajstić information content (AvgIpc) is 2.64. The van der Waals surface area contributed by atoms with E-state index in [0.29, 0.717) is 11.5 Å². The highest BCUT2D eigenvalue weighted by molar-refractivity contribution is 5.60. The molecule has 0 aliphatic carbocycles. The molecule has 3 N–H and O–H groups in total. The summed E-state index contributed by atoms with van der Waals surface area (Å²) in [6.45, 7) is 1.66. The van der Waals surface area contributed by atoms with E-state index in [0.717, 1.165) is 37.2 Å². The molecule has 0 saturated heterocycles. The van der Waals surface area contributed by atoms with E-state index < -0.39 is 0 Å². The maximum Gasteiger partial charge on any atom is 0.347 e. The number of benzene rings is 1. The Morgan fingerprint density at radius 2 is 2.10 bits per heavy atom. The Morgan fingerprint density at radius 1 is 1.25 bits per heavy atom. The minimum atomic E-state index is -0.385. The largest absolute Gasteiger partial charge is 0.347 e. The topological polar surface area (TPSA) is 69.8 Å². The lowest BCUT2D eigenvalue weighted by Crippen LogP contribution is -2.18. The van der Waals surface area contributed by atoms with Crippen molar-refractivity contribution < 1.29 is 4.39 Å². The lowest BCUT2D eigenvalue weighted by atomic mass is 10.1. The third-order valence-corrected chi connectivity index (χ3v) is 3.31. The standard InChI is InChI=1S/C14H15FN4O/c15-9-2-1-3-10(8-9)17-13-11-4-6-16-7-5-12(11)18-14(20)19-13/h1-3,8,16H,4-7H2,(H2,17,18,19,20). The summed E-state index contributed by atoms with van der Waals surface area (Å²) in [6.07, 6.45) is 1.53. The molecule has 0 atom stereocenters. The van der Waals surface area contributed by atoms with Crippen LogP contribution in [0.2, 0.25) is 0 Å². The molecular weight excluding hydrogens is 259 g/mol. The van der Waals surface area contributed by atoms with Crippen LogP contribution in [0.1, 0.15) is 11.3 Å². The summed E-state index contributed by atoms with van der Waals surface area (Å²) >= 11 is 0. The van der Waals surface area contributed by atoms with E-state index in [9.17, 15) is 9.18 Å². The van der Waals surface area contributed by atoms with Crippen LogP contribution in [0.15, 0.2) is 29.1 Å². The van der Waals surface area contributed by atoms with E-state index in [2.05, 4.69) is 20.6 Å². The lowest BCUT2D eigenvalue weighted by molar-refractivity contribution is 0.628. The van der Waals surface area contributed by atoms with E-state index >= 15 is 0 Å². The summed E-state index contributed by atoms with van der Waals surface area (Å²) < 4.78 is 13.2. The fourth-order valence-electron chi connectivity index (χ4n) is 2.39. The number of H-pyrrole nitrogens is 1. The molecule has 1 aliphatic rings. The SMILES string of the molecule is O=c1nc(Nc2cccc(F)c2)c2c([nH]1)CCNCC2. The average molecular weight is 274 g/mol. The summed E-state index contributed by atoms with van der Waals surface area (Å²) in [5.74, 6) is 0.186. The highest BCUT2D eigenvalue weighted by atomic mass is 19.1. The smallest absolute Gasteiger partial charge is 0.340 e. The summed E-state index contributed by atoms with van der Waals surface area (Å²) in [7, 11) is 0. The normalized spacial score (nSPS) is 14.4. The molecule has 0 spiro atoms. The number of nitrogens with one attached hydrogen (secondary N) is 3. The van der Waals surface area contributed by atoms with E-state index in [1.807, 2.05) is 0 Å². The monoisotopic (exact) mass is 274 g/mol. The minimum absolute atomic E-state index is 0.326. The van der Waals surface area contributed by atoms with Gasteiger partial charge in [-0.3, -0.25) is 0 Å². The minimum Gasteiger partial charge on any atom is -0.340 e. The van der Waals surface area contributed by atoms with Crippen LogP contribution in [-0.4, -0.2) is 23.1 Å². The predicted molar refractivity (Wildman–Crippen MR) is 74.8 cm³/mol. The van der Waals surface area contributed by atoms with Crippen LogP contribution in [-0.2, 0) is 12.8 Å². The Labute approximate surface area is 115 Å². The van der Waals surface area contributed by atoms with Gasteiger partial charge >= 0.3 is 5.69 Å². The molecule has 2 aromatic rings. The van der Waals surface area contributed by atoms with Crippen LogP contribution in [0.4, 0.5) is 15.9 Å². The van der Waals surface area contributed by atoms with Gasteiger partial charge in [-0.15, -0.1) is 0 Å². The van der Waals surface area contributed by atoms with E-state index in [4.69, 9.17) is 0 Å². The molecule has 3 rings (SSSR count). The van der Waals surface area contributed by atoms with Crippen molar-refractivity contribution in [2.75, 3.05) is 18.4 Å². The zero-order valence-electron chi connectivity index (χ0n) is 10.9. The van der Waals surface area contributed by atoms with Crippen LogP contribution >= 0.6 is 0 Å². The van der Waals surface area contributed by atoms with Gasteiger partial charge in [-0.05, 0) is 31.2 Å². The van der Waals surface area contributed by atoms with Gasteiger partial charge in [0.25, 0.3) is 0 Å². The highest BCUT2D eigenvalue weighted by Gasteiger charge is 2.15. The first-order valence-corrected chi connectivity index (χ1v) is 6.58. The van der Waals surface area contributed by atoms with Gasteiger partial charge in [0.15, 0.2) is 0 Å². The Bertz CT molecular complexity index is 683. The van der Waals surface area contributed by atoms with Gasteiger partial charge in [0.2, 0.25) is 0 Å². The number of fused-ring (bicyclic) bond motifs is 1. The number of halogens is 1. The van der Waals surface area contributed by atoms with Crippen molar-refractivity contribution in [3.05, 3.63) is 51.8 Å². The zero-order valence-corrected chi connectivity index (χ0v) is 10.9. The van der Waals surface area contributed by atoms with Crippen LogP contribution in [0.5, 0.6) is 0 Å². The summed E-state index contributed by atoms with van der Waals surface area (Å²) in [6, 6.07) is 6.11. The fourth-order valence-corrected chi connectivity index (χ4v) is 2.39. The maximum absolute atomic E-state index is 13.2. The van der Waals surface area contributed by atoms with E-state index in [-0.39, 0.29) is 11.5 Å². The molecule has 0 saturated carbocycles. The number of hydrogen-bond acceptors (Lipinski definition) is 4. The van der Waals surface area contributed by atoms with Crippen molar-refractivity contribution in [3.8, 4) is 0 Å². The number of anilines is 2. The Morgan fingerprint density at radius 3 is 2.95 bits per heavy atom. The number of rotatable bonds is 2. The number of aromatic amines is 1. The van der Waals surface area contributed by atoms with Gasteiger partial charge < -0.3 is 15.6 Å². The molecule has 5 nitrogen and oxygen atoms in total. The lowest BCUT2D eigenvalue weighted by Gasteiger charge is -2.12. The molecule has 1 aliphatic heterocycles. The fraction of sp³-hybridized carbons (Fsp3) is 0.286. The zero-order chi connectivity index (χ0) is 13.9. The number of hydrogen-bond donors (Lipinski definition) is 3. The molecule has 20 heavy (non-hydrogen) atoms. The van der Waals surface area contributed by atoms with E-state index in [1.165, 1.54) is 12.1 Å². The molecule has 0 unspecified atom stereocenters.